The summed E-state index contributed by atoms with van der Waals surface area (Å²) in [7, 11) is 3.25. The Morgan fingerprint density at radius 2 is 1.66 bits per heavy atom. The van der Waals surface area contributed by atoms with Crippen molar-refractivity contribution in [3.63, 3.8) is 0 Å². The summed E-state index contributed by atoms with van der Waals surface area (Å²) in [6.07, 6.45) is 12.8. The van der Waals surface area contributed by atoms with Gasteiger partial charge in [0.2, 0.25) is 0 Å². The van der Waals surface area contributed by atoms with Crippen LogP contribution in [0.15, 0.2) is 23.3 Å². The minimum atomic E-state index is -0.946. The Hall–Kier alpha value is -0.680. The van der Waals surface area contributed by atoms with Crippen LogP contribution in [-0.4, -0.2) is 46.8 Å². The summed E-state index contributed by atoms with van der Waals surface area (Å²) in [5, 5.41) is 30.4. The Labute approximate surface area is 218 Å². The summed E-state index contributed by atoms with van der Waals surface area (Å²) in [5.41, 5.74) is 1.59. The van der Waals surface area contributed by atoms with Gasteiger partial charge in [0.25, 0.3) is 0 Å². The smallest absolute Gasteiger partial charge is 0.0883 e. The summed E-state index contributed by atoms with van der Waals surface area (Å²) >= 11 is 0. The number of aliphatic hydroxyl groups excluding tert-OH is 1. The summed E-state index contributed by atoms with van der Waals surface area (Å²) in [4.78, 5) is 0. The third-order valence-corrected chi connectivity index (χ3v) is 8.73. The van der Waals surface area contributed by atoms with Gasteiger partial charge in [0.15, 0.2) is 0 Å². The van der Waals surface area contributed by atoms with Gasteiger partial charge in [0.05, 0.1) is 17.3 Å². The minimum Gasteiger partial charge on any atom is -0.390 e. The van der Waals surface area contributed by atoms with E-state index in [-0.39, 0.29) is 0 Å². The van der Waals surface area contributed by atoms with E-state index in [2.05, 4.69) is 44.6 Å². The zero-order valence-corrected chi connectivity index (χ0v) is 25.1. The van der Waals surface area contributed by atoms with Crippen LogP contribution in [-0.2, 0) is 4.74 Å². The van der Waals surface area contributed by atoms with Crippen LogP contribution < -0.4 is 0 Å². The molecule has 2 rings (SSSR count). The highest BCUT2D eigenvalue weighted by atomic mass is 16.4. The molecule has 0 saturated heterocycles. The number of aliphatic hydroxyl groups is 3. The van der Waals surface area contributed by atoms with E-state index in [0.717, 1.165) is 19.3 Å². The van der Waals surface area contributed by atoms with Gasteiger partial charge in [0, 0.05) is 14.2 Å². The molecule has 208 valence electrons. The summed E-state index contributed by atoms with van der Waals surface area (Å²) < 4.78 is 4.25. The van der Waals surface area contributed by atoms with Crippen molar-refractivity contribution >= 4 is 0 Å². The molecule has 0 spiro atoms. The molecule has 0 aromatic rings. The molecule has 6 atom stereocenters. The predicted molar refractivity (Wildman–Crippen MR) is 151 cm³/mol. The van der Waals surface area contributed by atoms with Crippen LogP contribution in [0.1, 0.15) is 120 Å². The maximum absolute atomic E-state index is 10.2. The number of rotatable bonds is 7. The van der Waals surface area contributed by atoms with Crippen LogP contribution in [0.5, 0.6) is 0 Å². The summed E-state index contributed by atoms with van der Waals surface area (Å²) in [5.74, 6) is 1.83. The van der Waals surface area contributed by atoms with Crippen molar-refractivity contribution in [2.24, 2.45) is 23.2 Å². The van der Waals surface area contributed by atoms with Crippen molar-refractivity contribution in [3.05, 3.63) is 23.3 Å². The first kappa shape index (κ1) is 34.3. The molecule has 6 unspecified atom stereocenters. The molecule has 0 aromatic carbocycles. The fourth-order valence-electron chi connectivity index (χ4n) is 5.66. The lowest BCUT2D eigenvalue weighted by Crippen LogP contribution is -2.42. The predicted octanol–water partition coefficient (Wildman–Crippen LogP) is 7.46. The highest BCUT2D eigenvalue weighted by molar-refractivity contribution is 5.24. The van der Waals surface area contributed by atoms with Crippen molar-refractivity contribution in [1.82, 2.24) is 0 Å². The molecule has 0 bridgehead atoms. The minimum absolute atomic E-state index is 0.298. The lowest BCUT2D eigenvalue weighted by molar-refractivity contribution is -0.0759. The Balaban J connectivity index is 0.00000214. The summed E-state index contributed by atoms with van der Waals surface area (Å²) in [6.45, 7) is 19.3. The number of ether oxygens (including phenoxy) is 1. The van der Waals surface area contributed by atoms with Gasteiger partial charge in [-0.2, -0.15) is 0 Å². The van der Waals surface area contributed by atoms with Crippen molar-refractivity contribution in [3.8, 4) is 0 Å². The highest BCUT2D eigenvalue weighted by Crippen LogP contribution is 2.51. The Morgan fingerprint density at radius 3 is 2.17 bits per heavy atom. The molecule has 4 heteroatoms. The van der Waals surface area contributed by atoms with Gasteiger partial charge >= 0.3 is 0 Å². The van der Waals surface area contributed by atoms with Gasteiger partial charge < -0.3 is 20.1 Å². The van der Waals surface area contributed by atoms with Crippen LogP contribution in [0.25, 0.3) is 0 Å². The topological polar surface area (TPSA) is 69.9 Å². The first-order chi connectivity index (χ1) is 16.2. The second kappa shape index (κ2) is 15.5. The van der Waals surface area contributed by atoms with Crippen molar-refractivity contribution in [1.29, 1.82) is 0 Å². The van der Waals surface area contributed by atoms with Crippen molar-refractivity contribution in [2.75, 3.05) is 14.2 Å². The zero-order chi connectivity index (χ0) is 27.4. The van der Waals surface area contributed by atoms with Crippen LogP contribution >= 0.6 is 0 Å². The second-order valence-electron chi connectivity index (χ2n) is 12.1. The van der Waals surface area contributed by atoms with Crippen molar-refractivity contribution in [2.45, 2.75) is 137 Å². The quantitative estimate of drug-likeness (QED) is 0.342. The molecule has 4 nitrogen and oxygen atoms in total. The van der Waals surface area contributed by atoms with Crippen LogP contribution in [0.4, 0.5) is 0 Å². The van der Waals surface area contributed by atoms with E-state index in [0.29, 0.717) is 36.0 Å². The van der Waals surface area contributed by atoms with E-state index in [1.807, 2.05) is 27.7 Å². The fourth-order valence-corrected chi connectivity index (χ4v) is 5.66. The molecule has 0 aliphatic heterocycles. The number of methoxy groups -OCH3 is 1. The van der Waals surface area contributed by atoms with Gasteiger partial charge in [-0.3, -0.25) is 0 Å². The van der Waals surface area contributed by atoms with Gasteiger partial charge in [-0.25, -0.2) is 0 Å². The average molecular weight is 497 g/mol. The lowest BCUT2D eigenvalue weighted by Gasteiger charge is -2.48. The molecule has 2 saturated carbocycles. The molecular formula is C31H60O4. The average Bonchev–Trinajstić information content (AvgIpc) is 2.77. The molecule has 0 heterocycles. The maximum Gasteiger partial charge on any atom is 0.0883 e. The SMILES string of the molecule is CC.CC(CCCC(C)(C)O)C(C)C1(C)CCC/C(=C\C=C2\CCC(C)(O)C(O)C2)C1C.COC. The van der Waals surface area contributed by atoms with E-state index in [9.17, 15) is 15.3 Å². The number of hydrogen-bond donors (Lipinski definition) is 3. The van der Waals surface area contributed by atoms with E-state index < -0.39 is 17.3 Å². The fraction of sp³-hybridized carbons (Fsp3) is 0.871. The van der Waals surface area contributed by atoms with E-state index >= 15 is 0 Å². The Morgan fingerprint density at radius 1 is 1.09 bits per heavy atom. The van der Waals surface area contributed by atoms with Gasteiger partial charge in [-0.15, -0.1) is 0 Å². The molecule has 2 fully saturated rings. The normalized spacial score (nSPS) is 33.3. The first-order valence-corrected chi connectivity index (χ1v) is 14.1. The number of allylic oxidation sites excluding steroid dienone is 3. The Kier molecular flexibility index (Phi) is 15.2. The molecule has 0 amide bonds. The van der Waals surface area contributed by atoms with Crippen LogP contribution in [0, 0.1) is 23.2 Å². The van der Waals surface area contributed by atoms with E-state index in [1.165, 1.54) is 31.3 Å². The molecule has 0 radical (unpaired) electrons. The van der Waals surface area contributed by atoms with E-state index in [1.54, 1.807) is 26.7 Å². The second-order valence-corrected chi connectivity index (χ2v) is 12.1. The van der Waals surface area contributed by atoms with Gasteiger partial charge in [-0.05, 0) is 88.9 Å². The zero-order valence-electron chi connectivity index (χ0n) is 25.1. The van der Waals surface area contributed by atoms with Crippen LogP contribution in [0.3, 0.4) is 0 Å². The summed E-state index contributed by atoms with van der Waals surface area (Å²) in [6, 6.07) is 0. The lowest BCUT2D eigenvalue weighted by atomic mass is 9.57. The molecule has 3 N–H and O–H groups in total. The van der Waals surface area contributed by atoms with Crippen molar-refractivity contribution < 1.29 is 20.1 Å². The molecule has 2 aliphatic carbocycles. The molecule has 2 aliphatic rings. The highest BCUT2D eigenvalue weighted by Gasteiger charge is 2.42. The van der Waals surface area contributed by atoms with Crippen LogP contribution in [0.2, 0.25) is 0 Å². The third kappa shape index (κ3) is 11.1. The molecule has 35 heavy (non-hydrogen) atoms. The molecule has 0 aromatic heterocycles. The first-order valence-electron chi connectivity index (χ1n) is 14.1. The van der Waals surface area contributed by atoms with E-state index in [4.69, 9.17) is 0 Å². The monoisotopic (exact) mass is 496 g/mol. The maximum atomic E-state index is 10.2. The standard InChI is InChI=1S/C27H48O3.C2H6O.C2H6/c1-19(10-8-15-25(4,5)29)20(2)26(6)16-9-11-23(21(26)3)13-12-22-14-17-27(7,30)24(28)18-22;1-3-2;1-2/h12-13,19-21,24,28-30H,8-11,14-18H2,1-7H3;1-2H3;1-2H3/b22-12-,23-13+;;. The Bertz CT molecular complexity index is 643. The largest absolute Gasteiger partial charge is 0.390 e. The third-order valence-electron chi connectivity index (χ3n) is 8.73. The number of hydrogen-bond acceptors (Lipinski definition) is 4. The van der Waals surface area contributed by atoms with Gasteiger partial charge in [0.1, 0.15) is 0 Å². The molecular weight excluding hydrogens is 436 g/mol. The van der Waals surface area contributed by atoms with Gasteiger partial charge in [-0.1, -0.05) is 77.7 Å².